The molecule has 3 amide bonds. The van der Waals surface area contributed by atoms with Crippen LogP contribution in [0.1, 0.15) is 73.8 Å². The number of carbonyl (C=O) groups excluding carboxylic acids is 3. The molecule has 1 aromatic carbocycles. The Morgan fingerprint density at radius 1 is 1.02 bits per heavy atom. The van der Waals surface area contributed by atoms with Crippen molar-refractivity contribution in [3.8, 4) is 5.75 Å². The van der Waals surface area contributed by atoms with Crippen molar-refractivity contribution < 1.29 is 38.5 Å². The lowest BCUT2D eigenvalue weighted by Crippen LogP contribution is -2.61. The van der Waals surface area contributed by atoms with Gasteiger partial charge in [-0.3, -0.25) is 9.59 Å². The Hall–Kier alpha value is -3.34. The van der Waals surface area contributed by atoms with Crippen LogP contribution in [0.25, 0.3) is 0 Å². The van der Waals surface area contributed by atoms with Gasteiger partial charge in [-0.25, -0.2) is 9.59 Å². The number of carboxylic acids is 1. The molecule has 1 saturated heterocycles. The summed E-state index contributed by atoms with van der Waals surface area (Å²) in [7, 11) is 1.54. The molecule has 1 aliphatic rings. The fourth-order valence-electron chi connectivity index (χ4n) is 4.64. The van der Waals surface area contributed by atoms with Crippen LogP contribution in [0.15, 0.2) is 24.3 Å². The van der Waals surface area contributed by atoms with Crippen LogP contribution in [0.5, 0.6) is 5.75 Å². The summed E-state index contributed by atoms with van der Waals surface area (Å²) in [5.41, 5.74) is -2.10. The minimum atomic E-state index is -1.39. The number of hydrogen-bond acceptors (Lipinski definition) is 7. The van der Waals surface area contributed by atoms with Crippen LogP contribution < -0.4 is 15.4 Å². The molecule has 0 unspecified atom stereocenters. The first kappa shape index (κ1) is 32.9. The zero-order valence-electron chi connectivity index (χ0n) is 25.1. The Morgan fingerprint density at radius 3 is 2.12 bits per heavy atom. The third kappa shape index (κ3) is 9.11. The molecule has 2 rings (SSSR count). The highest BCUT2D eigenvalue weighted by atomic mass is 16.6. The van der Waals surface area contributed by atoms with E-state index in [1.54, 1.807) is 59.1 Å². The molecule has 40 heavy (non-hydrogen) atoms. The lowest BCUT2D eigenvalue weighted by atomic mass is 9.97. The van der Waals surface area contributed by atoms with Gasteiger partial charge in [0.2, 0.25) is 11.8 Å². The van der Waals surface area contributed by atoms with Crippen molar-refractivity contribution in [2.45, 2.75) is 110 Å². The first-order valence-corrected chi connectivity index (χ1v) is 13.5. The number of carboxylic acid groups (broad SMARTS) is 1. The van der Waals surface area contributed by atoms with Crippen LogP contribution in [-0.4, -0.2) is 82.5 Å². The van der Waals surface area contributed by atoms with E-state index in [1.165, 1.54) is 11.8 Å². The molecule has 11 heteroatoms. The number of methoxy groups -OCH3 is 1. The van der Waals surface area contributed by atoms with Gasteiger partial charge in [-0.2, -0.15) is 0 Å². The van der Waals surface area contributed by atoms with Crippen LogP contribution in [0.3, 0.4) is 0 Å². The number of benzene rings is 1. The SMILES string of the molecule is COc1ccc(C[C@H](NC(=O)[C@@H](NC(=O)OC(C)(C)C)[C@H](C)OC(C)(C)C)C(=O)N2CCC[C@@]2(C)C(=O)O)cc1. The second kappa shape index (κ2) is 12.9. The van der Waals surface area contributed by atoms with E-state index in [4.69, 9.17) is 14.2 Å². The van der Waals surface area contributed by atoms with Crippen molar-refractivity contribution in [2.75, 3.05) is 13.7 Å². The van der Waals surface area contributed by atoms with Crippen molar-refractivity contribution >= 4 is 23.9 Å². The maximum Gasteiger partial charge on any atom is 0.408 e. The molecule has 4 atom stereocenters. The molecule has 0 aromatic heterocycles. The van der Waals surface area contributed by atoms with E-state index < -0.39 is 58.8 Å². The van der Waals surface area contributed by atoms with Gasteiger partial charge < -0.3 is 34.9 Å². The van der Waals surface area contributed by atoms with Gasteiger partial charge in [-0.1, -0.05) is 12.1 Å². The number of hydrogen-bond donors (Lipinski definition) is 3. The molecule has 0 bridgehead atoms. The third-order valence-electron chi connectivity index (χ3n) is 6.54. The second-order valence-electron chi connectivity index (χ2n) is 12.3. The highest BCUT2D eigenvalue weighted by Gasteiger charge is 2.48. The molecule has 11 nitrogen and oxygen atoms in total. The molecule has 0 spiro atoms. The molecular formula is C29H45N3O8. The Balaban J connectivity index is 2.41. The number of alkyl carbamates (subject to hydrolysis) is 1. The van der Waals surface area contributed by atoms with Crippen molar-refractivity contribution in [1.82, 2.24) is 15.5 Å². The Labute approximate surface area is 236 Å². The minimum absolute atomic E-state index is 0.0917. The van der Waals surface area contributed by atoms with E-state index in [0.717, 1.165) is 5.56 Å². The zero-order chi connectivity index (χ0) is 30.5. The van der Waals surface area contributed by atoms with Gasteiger partial charge in [0.05, 0.1) is 18.8 Å². The number of rotatable bonds is 10. The average molecular weight is 564 g/mol. The smallest absolute Gasteiger partial charge is 0.408 e. The van der Waals surface area contributed by atoms with Crippen molar-refractivity contribution in [2.24, 2.45) is 0 Å². The van der Waals surface area contributed by atoms with Crippen molar-refractivity contribution in [1.29, 1.82) is 0 Å². The predicted octanol–water partition coefficient (Wildman–Crippen LogP) is 3.29. The second-order valence-corrected chi connectivity index (χ2v) is 12.3. The molecule has 0 saturated carbocycles. The van der Waals surface area contributed by atoms with Gasteiger partial charge in [0.25, 0.3) is 0 Å². The molecule has 0 radical (unpaired) electrons. The molecule has 224 valence electrons. The normalized spacial score (nSPS) is 19.8. The van der Waals surface area contributed by atoms with Crippen LogP contribution in [0, 0.1) is 0 Å². The summed E-state index contributed by atoms with van der Waals surface area (Å²) in [6.45, 7) is 14.0. The topological polar surface area (TPSA) is 144 Å². The first-order chi connectivity index (χ1) is 18.4. The lowest BCUT2D eigenvalue weighted by Gasteiger charge is -2.35. The zero-order valence-corrected chi connectivity index (χ0v) is 25.1. The lowest BCUT2D eigenvalue weighted by molar-refractivity contribution is -0.156. The van der Waals surface area contributed by atoms with E-state index in [-0.39, 0.29) is 13.0 Å². The van der Waals surface area contributed by atoms with Gasteiger partial charge >= 0.3 is 12.1 Å². The minimum Gasteiger partial charge on any atom is -0.497 e. The van der Waals surface area contributed by atoms with E-state index in [1.807, 2.05) is 20.8 Å². The van der Waals surface area contributed by atoms with Crippen molar-refractivity contribution in [3.05, 3.63) is 29.8 Å². The van der Waals surface area contributed by atoms with E-state index in [9.17, 15) is 24.3 Å². The predicted molar refractivity (Wildman–Crippen MR) is 149 cm³/mol. The summed E-state index contributed by atoms with van der Waals surface area (Å²) in [6, 6.07) is 4.71. The number of amides is 3. The Kier molecular flexibility index (Phi) is 10.6. The maximum absolute atomic E-state index is 13.8. The molecule has 1 aliphatic heterocycles. The van der Waals surface area contributed by atoms with Gasteiger partial charge in [-0.05, 0) is 85.9 Å². The maximum atomic E-state index is 13.8. The van der Waals surface area contributed by atoms with E-state index in [2.05, 4.69) is 10.6 Å². The summed E-state index contributed by atoms with van der Waals surface area (Å²) >= 11 is 0. The number of ether oxygens (including phenoxy) is 3. The fourth-order valence-corrected chi connectivity index (χ4v) is 4.64. The van der Waals surface area contributed by atoms with Gasteiger partial charge in [-0.15, -0.1) is 0 Å². The van der Waals surface area contributed by atoms with Crippen LogP contribution in [0.4, 0.5) is 4.79 Å². The number of nitrogens with zero attached hydrogens (tertiary/aromatic N) is 1. The average Bonchev–Trinajstić information content (AvgIpc) is 3.22. The summed E-state index contributed by atoms with van der Waals surface area (Å²) in [5, 5.41) is 15.3. The summed E-state index contributed by atoms with van der Waals surface area (Å²) in [4.78, 5) is 53.6. The number of aliphatic carboxylic acids is 1. The molecule has 3 N–H and O–H groups in total. The molecule has 1 aromatic rings. The number of nitrogens with one attached hydrogen (secondary N) is 2. The Bertz CT molecular complexity index is 1060. The molecule has 0 aliphatic carbocycles. The van der Waals surface area contributed by atoms with Gasteiger partial charge in [0, 0.05) is 13.0 Å². The standard InChI is InChI=1S/C29H45N3O8/c1-18(39-27(2,3)4)22(31-26(37)40-28(5,6)7)23(33)30-21(17-19-11-13-20(38-9)14-12-19)24(34)32-16-10-15-29(32,8)25(35)36/h11-14,18,21-22H,10,15-17H2,1-9H3,(H,30,33)(H,31,37)(H,35,36)/t18-,21-,22-,29-/m0/s1. The first-order valence-electron chi connectivity index (χ1n) is 13.5. The molecule has 1 heterocycles. The molecule has 1 fully saturated rings. The third-order valence-corrected chi connectivity index (χ3v) is 6.54. The van der Waals surface area contributed by atoms with E-state index in [0.29, 0.717) is 18.6 Å². The van der Waals surface area contributed by atoms with Crippen LogP contribution >= 0.6 is 0 Å². The number of likely N-dealkylation sites (tertiary alicyclic amines) is 1. The quantitative estimate of drug-likeness (QED) is 0.394. The van der Waals surface area contributed by atoms with Crippen LogP contribution in [0.2, 0.25) is 0 Å². The number of carbonyl (C=O) groups is 4. The summed E-state index contributed by atoms with van der Waals surface area (Å²) in [5.74, 6) is -1.66. The highest BCUT2D eigenvalue weighted by molar-refractivity contribution is 5.94. The monoisotopic (exact) mass is 563 g/mol. The van der Waals surface area contributed by atoms with Gasteiger partial charge in [0.1, 0.15) is 29.0 Å². The summed E-state index contributed by atoms with van der Waals surface area (Å²) in [6.07, 6.45) is -0.685. The van der Waals surface area contributed by atoms with E-state index >= 15 is 0 Å². The van der Waals surface area contributed by atoms with Crippen LogP contribution in [-0.2, 0) is 30.3 Å². The Morgan fingerprint density at radius 2 is 1.62 bits per heavy atom. The largest absolute Gasteiger partial charge is 0.497 e. The highest BCUT2D eigenvalue weighted by Crippen LogP contribution is 2.30. The summed E-state index contributed by atoms with van der Waals surface area (Å²) < 4.78 is 16.6. The van der Waals surface area contributed by atoms with Gasteiger partial charge in [0.15, 0.2) is 0 Å². The van der Waals surface area contributed by atoms with Crippen molar-refractivity contribution in [3.63, 3.8) is 0 Å². The fraction of sp³-hybridized carbons (Fsp3) is 0.655. The molecular weight excluding hydrogens is 518 g/mol.